The molecule has 0 unspecified atom stereocenters. The molecule has 23 heavy (non-hydrogen) atoms. The number of rotatable bonds is 6. The zero-order valence-electron chi connectivity index (χ0n) is 13.7. The Kier molecular flexibility index (Phi) is 5.78. The minimum atomic E-state index is -3.45. The highest BCUT2D eigenvalue weighted by molar-refractivity contribution is 7.89. The third-order valence-electron chi connectivity index (χ3n) is 4.31. The van der Waals surface area contributed by atoms with Crippen LogP contribution in [-0.2, 0) is 14.8 Å². The maximum Gasteiger partial charge on any atom is 0.303 e. The van der Waals surface area contributed by atoms with Gasteiger partial charge in [0.25, 0.3) is 0 Å². The highest BCUT2D eigenvalue weighted by Crippen LogP contribution is 2.20. The van der Waals surface area contributed by atoms with Crippen LogP contribution in [-0.4, -0.2) is 61.4 Å². The number of carboxylic acid groups (broad SMARTS) is 1. The lowest BCUT2D eigenvalue weighted by atomic mass is 10.1. The number of hydrogen-bond donors (Lipinski definition) is 1. The van der Waals surface area contributed by atoms with Crippen LogP contribution in [0.5, 0.6) is 0 Å². The van der Waals surface area contributed by atoms with Gasteiger partial charge < -0.3 is 10.0 Å². The average molecular weight is 340 g/mol. The van der Waals surface area contributed by atoms with Gasteiger partial charge in [-0.2, -0.15) is 4.31 Å². The molecule has 0 atom stereocenters. The van der Waals surface area contributed by atoms with Crippen LogP contribution in [0.25, 0.3) is 0 Å². The number of benzene rings is 1. The number of hydrogen-bond acceptors (Lipinski definition) is 4. The fourth-order valence-electron chi connectivity index (χ4n) is 2.67. The molecule has 1 aromatic rings. The molecule has 0 aromatic heterocycles. The number of carbonyl (C=O) groups is 1. The highest BCUT2D eigenvalue weighted by atomic mass is 32.2. The smallest absolute Gasteiger partial charge is 0.303 e. The summed E-state index contributed by atoms with van der Waals surface area (Å²) in [4.78, 5) is 13.0. The van der Waals surface area contributed by atoms with Gasteiger partial charge in [-0.25, -0.2) is 8.42 Å². The van der Waals surface area contributed by atoms with Crippen LogP contribution < -0.4 is 0 Å². The summed E-state index contributed by atoms with van der Waals surface area (Å²) in [5.74, 6) is -0.791. The van der Waals surface area contributed by atoms with E-state index in [1.165, 1.54) is 4.31 Å². The summed E-state index contributed by atoms with van der Waals surface area (Å²) >= 11 is 0. The quantitative estimate of drug-likeness (QED) is 0.848. The van der Waals surface area contributed by atoms with Crippen molar-refractivity contribution < 1.29 is 18.3 Å². The molecule has 1 aromatic carbocycles. The molecule has 0 amide bonds. The summed E-state index contributed by atoms with van der Waals surface area (Å²) in [5.41, 5.74) is 2.05. The maximum atomic E-state index is 12.7. The topological polar surface area (TPSA) is 77.9 Å². The molecule has 0 radical (unpaired) electrons. The molecule has 6 nitrogen and oxygen atoms in total. The Hall–Kier alpha value is -1.44. The Bertz CT molecular complexity index is 665. The standard InChI is InChI=1S/C16H24N2O4S/c1-13-5-6-15(12-14(13)2)23(21,22)18-10-8-17(9-11-18)7-3-4-16(19)20/h5-6,12H,3-4,7-11H2,1-2H3,(H,19,20). The second-order valence-electron chi connectivity index (χ2n) is 5.99. The second-order valence-corrected chi connectivity index (χ2v) is 7.93. The highest BCUT2D eigenvalue weighted by Gasteiger charge is 2.28. The van der Waals surface area contributed by atoms with Crippen LogP contribution in [0.2, 0.25) is 0 Å². The molecule has 1 aliphatic rings. The lowest BCUT2D eigenvalue weighted by Crippen LogP contribution is -2.48. The van der Waals surface area contributed by atoms with E-state index < -0.39 is 16.0 Å². The fraction of sp³-hybridized carbons (Fsp3) is 0.562. The number of nitrogens with zero attached hydrogens (tertiary/aromatic N) is 2. The van der Waals surface area contributed by atoms with Crippen LogP contribution >= 0.6 is 0 Å². The van der Waals surface area contributed by atoms with Gasteiger partial charge >= 0.3 is 5.97 Å². The first-order chi connectivity index (χ1) is 10.8. The Labute approximate surface area is 137 Å². The van der Waals surface area contributed by atoms with Gasteiger partial charge in [0.1, 0.15) is 0 Å². The second kappa shape index (κ2) is 7.42. The Morgan fingerprint density at radius 2 is 1.78 bits per heavy atom. The van der Waals surface area contributed by atoms with E-state index in [-0.39, 0.29) is 6.42 Å². The Balaban J connectivity index is 1.95. The van der Waals surface area contributed by atoms with E-state index >= 15 is 0 Å². The van der Waals surface area contributed by atoms with E-state index in [1.54, 1.807) is 12.1 Å². The molecular formula is C16H24N2O4S. The molecule has 0 saturated carbocycles. The molecule has 7 heteroatoms. The SMILES string of the molecule is Cc1ccc(S(=O)(=O)N2CCN(CCCC(=O)O)CC2)cc1C. The molecular weight excluding hydrogens is 316 g/mol. The van der Waals surface area contributed by atoms with Gasteiger partial charge in [0.05, 0.1) is 4.90 Å². The predicted octanol–water partition coefficient (Wildman–Crippen LogP) is 1.47. The van der Waals surface area contributed by atoms with E-state index in [0.29, 0.717) is 44.0 Å². The van der Waals surface area contributed by atoms with Gasteiger partial charge in [0.15, 0.2) is 0 Å². The van der Waals surface area contributed by atoms with Gasteiger partial charge in [0.2, 0.25) is 10.0 Å². The van der Waals surface area contributed by atoms with Crippen molar-refractivity contribution in [2.24, 2.45) is 0 Å². The van der Waals surface area contributed by atoms with Crippen molar-refractivity contribution in [3.05, 3.63) is 29.3 Å². The van der Waals surface area contributed by atoms with Crippen LogP contribution in [0.15, 0.2) is 23.1 Å². The van der Waals surface area contributed by atoms with E-state index in [2.05, 4.69) is 4.90 Å². The number of sulfonamides is 1. The lowest BCUT2D eigenvalue weighted by molar-refractivity contribution is -0.137. The Morgan fingerprint density at radius 3 is 2.35 bits per heavy atom. The molecule has 1 aliphatic heterocycles. The molecule has 1 heterocycles. The van der Waals surface area contributed by atoms with E-state index in [1.807, 2.05) is 19.9 Å². The molecule has 0 aliphatic carbocycles. The molecule has 1 fully saturated rings. The maximum absolute atomic E-state index is 12.7. The summed E-state index contributed by atoms with van der Waals surface area (Å²) in [6, 6.07) is 5.23. The van der Waals surface area contributed by atoms with E-state index in [9.17, 15) is 13.2 Å². The molecule has 0 bridgehead atoms. The minimum absolute atomic E-state index is 0.154. The molecule has 128 valence electrons. The van der Waals surface area contributed by atoms with Crippen molar-refractivity contribution in [3.63, 3.8) is 0 Å². The van der Waals surface area contributed by atoms with Crippen molar-refractivity contribution >= 4 is 16.0 Å². The van der Waals surface area contributed by atoms with E-state index in [4.69, 9.17) is 5.11 Å². The van der Waals surface area contributed by atoms with Crippen molar-refractivity contribution in [2.45, 2.75) is 31.6 Å². The zero-order valence-corrected chi connectivity index (χ0v) is 14.5. The summed E-state index contributed by atoms with van der Waals surface area (Å²) < 4.78 is 26.9. The number of aliphatic carboxylic acids is 1. The van der Waals surface area contributed by atoms with Gasteiger partial charge in [-0.05, 0) is 50.1 Å². The van der Waals surface area contributed by atoms with E-state index in [0.717, 1.165) is 11.1 Å². The number of aryl methyl sites for hydroxylation is 2. The zero-order chi connectivity index (χ0) is 17.0. The van der Waals surface area contributed by atoms with Gasteiger partial charge in [-0.1, -0.05) is 6.07 Å². The molecule has 0 spiro atoms. The predicted molar refractivity (Wildman–Crippen MR) is 88.0 cm³/mol. The number of carboxylic acids is 1. The molecule has 2 rings (SSSR count). The minimum Gasteiger partial charge on any atom is -0.481 e. The van der Waals surface area contributed by atoms with Gasteiger partial charge in [0, 0.05) is 32.6 Å². The van der Waals surface area contributed by atoms with Crippen LogP contribution in [0.3, 0.4) is 0 Å². The normalized spacial score (nSPS) is 17.3. The lowest BCUT2D eigenvalue weighted by Gasteiger charge is -2.34. The van der Waals surface area contributed by atoms with Crippen LogP contribution in [0.1, 0.15) is 24.0 Å². The first-order valence-electron chi connectivity index (χ1n) is 7.82. The Morgan fingerprint density at radius 1 is 1.13 bits per heavy atom. The fourth-order valence-corrected chi connectivity index (χ4v) is 4.18. The molecule has 1 saturated heterocycles. The first kappa shape index (κ1) is 17.9. The summed E-state index contributed by atoms with van der Waals surface area (Å²) in [5, 5.41) is 8.65. The summed E-state index contributed by atoms with van der Waals surface area (Å²) in [6.07, 6.45) is 0.750. The van der Waals surface area contributed by atoms with Crippen molar-refractivity contribution in [1.29, 1.82) is 0 Å². The largest absolute Gasteiger partial charge is 0.481 e. The van der Waals surface area contributed by atoms with Gasteiger partial charge in [-0.3, -0.25) is 4.79 Å². The summed E-state index contributed by atoms with van der Waals surface area (Å²) in [6.45, 7) is 6.75. The molecule has 1 N–H and O–H groups in total. The average Bonchev–Trinajstić information content (AvgIpc) is 2.50. The van der Waals surface area contributed by atoms with Crippen LogP contribution in [0.4, 0.5) is 0 Å². The third-order valence-corrected chi connectivity index (χ3v) is 6.21. The van der Waals surface area contributed by atoms with Crippen molar-refractivity contribution in [1.82, 2.24) is 9.21 Å². The first-order valence-corrected chi connectivity index (χ1v) is 9.26. The monoisotopic (exact) mass is 340 g/mol. The van der Waals surface area contributed by atoms with Crippen molar-refractivity contribution in [2.75, 3.05) is 32.7 Å². The number of piperazine rings is 1. The summed E-state index contributed by atoms with van der Waals surface area (Å²) in [7, 11) is -3.45. The van der Waals surface area contributed by atoms with Crippen LogP contribution in [0, 0.1) is 13.8 Å². The van der Waals surface area contributed by atoms with Gasteiger partial charge in [-0.15, -0.1) is 0 Å². The third kappa shape index (κ3) is 4.53. The van der Waals surface area contributed by atoms with Crippen molar-refractivity contribution in [3.8, 4) is 0 Å².